The number of hydrogen-bond acceptors (Lipinski definition) is 4. The third kappa shape index (κ3) is 4.92. The molecule has 2 aromatic rings. The molecule has 22 heavy (non-hydrogen) atoms. The smallest absolute Gasteiger partial charge is 0.134 e. The van der Waals surface area contributed by atoms with Gasteiger partial charge < -0.3 is 10.2 Å². The van der Waals surface area contributed by atoms with E-state index in [0.29, 0.717) is 18.1 Å². The van der Waals surface area contributed by atoms with Crippen LogP contribution >= 0.6 is 23.4 Å². The molecule has 0 spiro atoms. The molecule has 2 rings (SSSR count). The molecule has 118 valence electrons. The number of halogens is 1. The summed E-state index contributed by atoms with van der Waals surface area (Å²) in [5.41, 5.74) is 2.22. The summed E-state index contributed by atoms with van der Waals surface area (Å²) < 4.78 is 0. The first-order chi connectivity index (χ1) is 10.6. The van der Waals surface area contributed by atoms with Crippen LogP contribution in [-0.2, 0) is 13.1 Å². The summed E-state index contributed by atoms with van der Waals surface area (Å²) in [5, 5.41) is 19.1. The number of aliphatic hydroxyl groups is 1. The largest absolute Gasteiger partial charge is 0.506 e. The van der Waals surface area contributed by atoms with Crippen molar-refractivity contribution in [2.24, 2.45) is 0 Å². The van der Waals surface area contributed by atoms with Crippen LogP contribution in [0, 0.1) is 0 Å². The highest BCUT2D eigenvalue weighted by molar-refractivity contribution is 7.98. The predicted molar refractivity (Wildman–Crippen MR) is 92.5 cm³/mol. The van der Waals surface area contributed by atoms with Crippen LogP contribution < -0.4 is 0 Å². The van der Waals surface area contributed by atoms with Crippen molar-refractivity contribution >= 4 is 23.4 Å². The summed E-state index contributed by atoms with van der Waals surface area (Å²) in [6.07, 6.45) is 2.06. The Morgan fingerprint density at radius 3 is 2.27 bits per heavy atom. The summed E-state index contributed by atoms with van der Waals surface area (Å²) in [7, 11) is 0. The van der Waals surface area contributed by atoms with Crippen LogP contribution in [0.2, 0.25) is 5.02 Å². The number of aromatic hydroxyl groups is 1. The zero-order chi connectivity index (χ0) is 15.9. The number of phenolic OH excluding ortho intramolecular Hbond substituents is 1. The molecule has 5 heteroatoms. The predicted octanol–water partition coefficient (Wildman–Crippen LogP) is 3.76. The Kier molecular flexibility index (Phi) is 6.58. The van der Waals surface area contributed by atoms with Crippen molar-refractivity contribution in [2.45, 2.75) is 18.0 Å². The molecule has 0 heterocycles. The van der Waals surface area contributed by atoms with Crippen LogP contribution in [-0.4, -0.2) is 34.5 Å². The van der Waals surface area contributed by atoms with Crippen molar-refractivity contribution in [3.05, 3.63) is 58.6 Å². The van der Waals surface area contributed by atoms with Crippen LogP contribution in [0.1, 0.15) is 11.1 Å². The molecule has 0 aliphatic carbocycles. The van der Waals surface area contributed by atoms with Crippen molar-refractivity contribution in [2.75, 3.05) is 19.4 Å². The van der Waals surface area contributed by atoms with E-state index in [9.17, 15) is 10.2 Å². The van der Waals surface area contributed by atoms with Gasteiger partial charge in [-0.2, -0.15) is 0 Å². The van der Waals surface area contributed by atoms with Crippen molar-refractivity contribution < 1.29 is 10.2 Å². The number of hydrogen-bond donors (Lipinski definition) is 2. The minimum Gasteiger partial charge on any atom is -0.506 e. The molecule has 2 aromatic carbocycles. The topological polar surface area (TPSA) is 43.7 Å². The Bertz CT molecular complexity index is 604. The van der Waals surface area contributed by atoms with Gasteiger partial charge in [0.05, 0.1) is 11.6 Å². The van der Waals surface area contributed by atoms with E-state index in [1.807, 2.05) is 6.07 Å². The molecule has 0 amide bonds. The molecule has 0 saturated heterocycles. The fourth-order valence-electron chi connectivity index (χ4n) is 2.25. The van der Waals surface area contributed by atoms with E-state index in [0.717, 1.165) is 12.1 Å². The van der Waals surface area contributed by atoms with Crippen molar-refractivity contribution in [3.63, 3.8) is 0 Å². The van der Waals surface area contributed by atoms with Gasteiger partial charge >= 0.3 is 0 Å². The van der Waals surface area contributed by atoms with Crippen LogP contribution in [0.3, 0.4) is 0 Å². The van der Waals surface area contributed by atoms with E-state index >= 15 is 0 Å². The van der Waals surface area contributed by atoms with Gasteiger partial charge in [0.2, 0.25) is 0 Å². The number of thioether (sulfide) groups is 1. The summed E-state index contributed by atoms with van der Waals surface area (Å²) in [6, 6.07) is 13.6. The zero-order valence-corrected chi connectivity index (χ0v) is 14.1. The van der Waals surface area contributed by atoms with Gasteiger partial charge in [-0.3, -0.25) is 4.90 Å². The Labute approximate surface area is 140 Å². The van der Waals surface area contributed by atoms with Gasteiger partial charge in [0.15, 0.2) is 0 Å². The maximum absolute atomic E-state index is 9.48. The maximum atomic E-state index is 9.48. The van der Waals surface area contributed by atoms with Gasteiger partial charge in [-0.15, -0.1) is 11.8 Å². The third-order valence-corrected chi connectivity index (χ3v) is 4.45. The molecular formula is C17H20ClNO2S. The molecule has 0 aliphatic rings. The van der Waals surface area contributed by atoms with Gasteiger partial charge in [0, 0.05) is 24.5 Å². The average Bonchev–Trinajstić information content (AvgIpc) is 2.52. The van der Waals surface area contributed by atoms with E-state index in [2.05, 4.69) is 35.4 Å². The van der Waals surface area contributed by atoms with Crippen molar-refractivity contribution in [1.82, 2.24) is 4.90 Å². The molecule has 0 bridgehead atoms. The zero-order valence-electron chi connectivity index (χ0n) is 12.5. The van der Waals surface area contributed by atoms with Crippen LogP contribution in [0.4, 0.5) is 0 Å². The Hall–Kier alpha value is -1.20. The standard InChI is InChI=1S/C17H20ClNO2S/c1-22-15-5-2-13(3-6-15)11-19(8-9-20)12-14-4-7-17(21)16(18)10-14/h2-7,10,20-21H,8-9,11-12H2,1H3. The van der Waals surface area contributed by atoms with E-state index in [1.54, 1.807) is 23.9 Å². The molecule has 0 aliphatic heterocycles. The summed E-state index contributed by atoms with van der Waals surface area (Å²) >= 11 is 7.67. The molecule has 3 nitrogen and oxygen atoms in total. The minimum absolute atomic E-state index is 0.0896. The summed E-state index contributed by atoms with van der Waals surface area (Å²) in [5.74, 6) is 0.0896. The minimum atomic E-state index is 0.0896. The van der Waals surface area contributed by atoms with E-state index < -0.39 is 0 Å². The maximum Gasteiger partial charge on any atom is 0.134 e. The number of nitrogens with zero attached hydrogens (tertiary/aromatic N) is 1. The van der Waals surface area contributed by atoms with E-state index in [4.69, 9.17) is 11.6 Å². The molecule has 0 unspecified atom stereocenters. The first kappa shape index (κ1) is 17.2. The molecule has 0 atom stereocenters. The summed E-state index contributed by atoms with van der Waals surface area (Å²) in [6.45, 7) is 2.12. The first-order valence-electron chi connectivity index (χ1n) is 7.06. The normalized spacial score (nSPS) is 11.1. The lowest BCUT2D eigenvalue weighted by Gasteiger charge is -2.22. The second-order valence-electron chi connectivity index (χ2n) is 5.07. The van der Waals surface area contributed by atoms with Gasteiger partial charge in [-0.1, -0.05) is 29.8 Å². The van der Waals surface area contributed by atoms with Crippen molar-refractivity contribution in [3.8, 4) is 5.75 Å². The SMILES string of the molecule is CSc1ccc(CN(CCO)Cc2ccc(O)c(Cl)c2)cc1. The Morgan fingerprint density at radius 1 is 1.05 bits per heavy atom. The number of phenols is 1. The van der Waals surface area contributed by atoms with Crippen LogP contribution in [0.15, 0.2) is 47.4 Å². The average molecular weight is 338 g/mol. The molecule has 2 N–H and O–H groups in total. The number of aliphatic hydroxyl groups excluding tert-OH is 1. The molecule has 0 radical (unpaired) electrons. The second kappa shape index (κ2) is 8.44. The van der Waals surface area contributed by atoms with Gasteiger partial charge in [0.1, 0.15) is 5.75 Å². The Morgan fingerprint density at radius 2 is 1.68 bits per heavy atom. The highest BCUT2D eigenvalue weighted by atomic mass is 35.5. The third-order valence-electron chi connectivity index (χ3n) is 3.40. The highest BCUT2D eigenvalue weighted by Gasteiger charge is 2.08. The molecule has 0 saturated carbocycles. The fraction of sp³-hybridized carbons (Fsp3) is 0.294. The molecule has 0 aromatic heterocycles. The first-order valence-corrected chi connectivity index (χ1v) is 8.66. The number of benzene rings is 2. The fourth-order valence-corrected chi connectivity index (χ4v) is 2.86. The molecule has 0 fully saturated rings. The van der Waals surface area contributed by atoms with E-state index in [1.165, 1.54) is 10.5 Å². The lowest BCUT2D eigenvalue weighted by molar-refractivity contribution is 0.184. The van der Waals surface area contributed by atoms with Gasteiger partial charge in [-0.05, 0) is 41.6 Å². The lowest BCUT2D eigenvalue weighted by Crippen LogP contribution is -2.26. The quantitative estimate of drug-likeness (QED) is 0.755. The monoisotopic (exact) mass is 337 g/mol. The molecular weight excluding hydrogens is 318 g/mol. The van der Waals surface area contributed by atoms with E-state index in [-0.39, 0.29) is 12.4 Å². The lowest BCUT2D eigenvalue weighted by atomic mass is 10.1. The van der Waals surface area contributed by atoms with Gasteiger partial charge in [-0.25, -0.2) is 0 Å². The van der Waals surface area contributed by atoms with Gasteiger partial charge in [0.25, 0.3) is 0 Å². The van der Waals surface area contributed by atoms with Crippen molar-refractivity contribution in [1.29, 1.82) is 0 Å². The van der Waals surface area contributed by atoms with Crippen LogP contribution in [0.5, 0.6) is 5.75 Å². The highest BCUT2D eigenvalue weighted by Crippen LogP contribution is 2.24. The van der Waals surface area contributed by atoms with Crippen LogP contribution in [0.25, 0.3) is 0 Å². The number of rotatable bonds is 7. The Balaban J connectivity index is 2.06. The second-order valence-corrected chi connectivity index (χ2v) is 6.35. The summed E-state index contributed by atoms with van der Waals surface area (Å²) in [4.78, 5) is 3.39.